The highest BCUT2D eigenvalue weighted by Gasteiger charge is 2.44. The molecule has 0 aromatic heterocycles. The fourth-order valence-electron chi connectivity index (χ4n) is 0.930. The van der Waals surface area contributed by atoms with Crippen molar-refractivity contribution in [2.24, 2.45) is 0 Å². The summed E-state index contributed by atoms with van der Waals surface area (Å²) < 4.78 is 52.9. The minimum absolute atomic E-state index is 0.109. The first kappa shape index (κ1) is 20.1. The fraction of sp³-hybridized carbons (Fsp3) is 0.692. The van der Waals surface area contributed by atoms with Crippen LogP contribution < -0.4 is 0 Å². The Morgan fingerprint density at radius 2 is 1.68 bits per heavy atom. The molecule has 0 fully saturated rings. The smallest absolute Gasteiger partial charge is 0.461 e. The average Bonchev–Trinajstić information content (AvgIpc) is 2.37. The van der Waals surface area contributed by atoms with Gasteiger partial charge in [0.2, 0.25) is 0 Å². The van der Waals surface area contributed by atoms with Crippen LogP contribution in [0, 0.1) is 0 Å². The van der Waals surface area contributed by atoms with E-state index in [1.165, 1.54) is 13.0 Å². The van der Waals surface area contributed by atoms with Crippen molar-refractivity contribution in [3.8, 4) is 0 Å². The van der Waals surface area contributed by atoms with Crippen LogP contribution in [0.5, 0.6) is 0 Å². The standard InChI is InChI=1S/C11H16F4O2.C2H6/c1-4-7(3)6-8(16)9(5-2)17-11(14,15)10(12)13;1-2/h6,10,16H,4-5H2,1-3H3;1-2H3/b7-6+,9-8-;. The summed E-state index contributed by atoms with van der Waals surface area (Å²) >= 11 is 0. The van der Waals surface area contributed by atoms with E-state index in [1.807, 2.05) is 13.8 Å². The van der Waals surface area contributed by atoms with Gasteiger partial charge in [0.1, 0.15) is 5.76 Å². The summed E-state index contributed by atoms with van der Waals surface area (Å²) in [7, 11) is 0. The Balaban J connectivity index is 0. The van der Waals surface area contributed by atoms with E-state index in [9.17, 15) is 22.7 Å². The molecule has 114 valence electrons. The number of hydrogen-bond acceptors (Lipinski definition) is 2. The van der Waals surface area contributed by atoms with Crippen molar-refractivity contribution in [3.05, 3.63) is 23.2 Å². The Kier molecular flexibility index (Phi) is 10.3. The second-order valence-corrected chi connectivity index (χ2v) is 3.47. The number of allylic oxidation sites excluding steroid dienone is 3. The van der Waals surface area contributed by atoms with Gasteiger partial charge in [0.15, 0.2) is 5.76 Å². The molecule has 0 bridgehead atoms. The summed E-state index contributed by atoms with van der Waals surface area (Å²) in [6, 6.07) is 0. The van der Waals surface area contributed by atoms with Gasteiger partial charge in [-0.2, -0.15) is 17.6 Å². The van der Waals surface area contributed by atoms with Gasteiger partial charge in [0.05, 0.1) is 0 Å². The minimum Gasteiger partial charge on any atom is -0.504 e. The maximum atomic E-state index is 12.6. The van der Waals surface area contributed by atoms with E-state index in [4.69, 9.17) is 0 Å². The van der Waals surface area contributed by atoms with Crippen LogP contribution in [0.1, 0.15) is 47.5 Å². The lowest BCUT2D eigenvalue weighted by Crippen LogP contribution is -2.30. The lowest BCUT2D eigenvalue weighted by atomic mass is 10.2. The van der Waals surface area contributed by atoms with Gasteiger partial charge in [-0.15, -0.1) is 0 Å². The molecule has 0 heterocycles. The van der Waals surface area contributed by atoms with E-state index in [-0.39, 0.29) is 6.42 Å². The molecule has 1 N–H and O–H groups in total. The summed E-state index contributed by atoms with van der Waals surface area (Å²) in [5.41, 5.74) is 0.720. The van der Waals surface area contributed by atoms with E-state index in [0.717, 1.165) is 5.57 Å². The normalized spacial score (nSPS) is 13.7. The number of ether oxygens (including phenoxy) is 1. The Bertz CT molecular complexity index is 310. The fourth-order valence-corrected chi connectivity index (χ4v) is 0.930. The van der Waals surface area contributed by atoms with Gasteiger partial charge in [-0.25, -0.2) is 0 Å². The molecular weight excluding hydrogens is 264 g/mol. The maximum Gasteiger partial charge on any atom is 0.461 e. The number of halogens is 4. The van der Waals surface area contributed by atoms with Crippen LogP contribution in [0.3, 0.4) is 0 Å². The third-order valence-electron chi connectivity index (χ3n) is 2.06. The monoisotopic (exact) mass is 286 g/mol. The van der Waals surface area contributed by atoms with Gasteiger partial charge in [-0.05, 0) is 19.4 Å². The molecule has 0 aromatic carbocycles. The van der Waals surface area contributed by atoms with Gasteiger partial charge in [0, 0.05) is 6.42 Å². The van der Waals surface area contributed by atoms with Crippen molar-refractivity contribution in [1.29, 1.82) is 0 Å². The molecule has 0 unspecified atom stereocenters. The van der Waals surface area contributed by atoms with Crippen molar-refractivity contribution < 1.29 is 27.4 Å². The summed E-state index contributed by atoms with van der Waals surface area (Å²) in [5, 5.41) is 9.46. The van der Waals surface area contributed by atoms with Crippen molar-refractivity contribution in [2.75, 3.05) is 0 Å². The summed E-state index contributed by atoms with van der Waals surface area (Å²) in [5.74, 6) is -1.10. The topological polar surface area (TPSA) is 29.5 Å². The Morgan fingerprint density at radius 3 is 2.00 bits per heavy atom. The number of alkyl halides is 4. The molecule has 0 rings (SSSR count). The Hall–Kier alpha value is -1.20. The molecule has 0 aliphatic carbocycles. The van der Waals surface area contributed by atoms with Gasteiger partial charge in [-0.3, -0.25) is 0 Å². The van der Waals surface area contributed by atoms with Crippen LogP contribution in [-0.2, 0) is 4.74 Å². The van der Waals surface area contributed by atoms with E-state index in [0.29, 0.717) is 6.42 Å². The highest BCUT2D eigenvalue weighted by Crippen LogP contribution is 2.29. The minimum atomic E-state index is -4.59. The van der Waals surface area contributed by atoms with Gasteiger partial charge < -0.3 is 9.84 Å². The highest BCUT2D eigenvalue weighted by molar-refractivity contribution is 5.19. The first-order valence-corrected chi connectivity index (χ1v) is 6.18. The third kappa shape index (κ3) is 7.74. The Morgan fingerprint density at radius 1 is 1.21 bits per heavy atom. The zero-order valence-corrected chi connectivity index (χ0v) is 11.9. The average molecular weight is 286 g/mol. The van der Waals surface area contributed by atoms with Crippen LogP contribution in [-0.4, -0.2) is 17.6 Å². The summed E-state index contributed by atoms with van der Waals surface area (Å²) in [6.07, 6.45) is -6.81. The maximum absolute atomic E-state index is 12.6. The second-order valence-electron chi connectivity index (χ2n) is 3.47. The van der Waals surface area contributed by atoms with Crippen LogP contribution in [0.4, 0.5) is 17.6 Å². The highest BCUT2D eigenvalue weighted by atomic mass is 19.3. The number of aliphatic hydroxyl groups excluding tert-OH is 1. The number of hydrogen-bond donors (Lipinski definition) is 1. The predicted molar refractivity (Wildman–Crippen MR) is 67.4 cm³/mol. The van der Waals surface area contributed by atoms with Crippen LogP contribution in [0.15, 0.2) is 23.2 Å². The third-order valence-corrected chi connectivity index (χ3v) is 2.06. The number of aliphatic hydroxyl groups is 1. The van der Waals surface area contributed by atoms with E-state index in [1.54, 1.807) is 13.8 Å². The SMILES string of the molecule is CC.CC/C(OC(F)(F)C(F)F)=C(O)\C=C(/C)CC. The molecule has 0 saturated heterocycles. The second kappa shape index (κ2) is 9.69. The van der Waals surface area contributed by atoms with Crippen molar-refractivity contribution >= 4 is 0 Å². The van der Waals surface area contributed by atoms with Crippen molar-refractivity contribution in [3.63, 3.8) is 0 Å². The van der Waals surface area contributed by atoms with Gasteiger partial charge in [0.25, 0.3) is 0 Å². The zero-order chi connectivity index (χ0) is 15.6. The van der Waals surface area contributed by atoms with Crippen molar-refractivity contribution in [1.82, 2.24) is 0 Å². The first-order valence-electron chi connectivity index (χ1n) is 6.18. The zero-order valence-electron chi connectivity index (χ0n) is 11.9. The molecule has 19 heavy (non-hydrogen) atoms. The molecule has 0 amide bonds. The quantitative estimate of drug-likeness (QED) is 0.401. The predicted octanol–water partition coefficient (Wildman–Crippen LogP) is 5.42. The molecule has 0 atom stereocenters. The largest absolute Gasteiger partial charge is 0.504 e. The van der Waals surface area contributed by atoms with Crippen LogP contribution >= 0.6 is 0 Å². The van der Waals surface area contributed by atoms with E-state index >= 15 is 0 Å². The molecule has 0 radical (unpaired) electrons. The number of rotatable bonds is 6. The molecule has 0 aromatic rings. The molecule has 0 saturated carbocycles. The molecule has 0 aliphatic heterocycles. The lowest BCUT2D eigenvalue weighted by Gasteiger charge is -2.18. The van der Waals surface area contributed by atoms with Crippen LogP contribution in [0.2, 0.25) is 0 Å². The molecule has 2 nitrogen and oxygen atoms in total. The van der Waals surface area contributed by atoms with Crippen LogP contribution in [0.25, 0.3) is 0 Å². The van der Waals surface area contributed by atoms with E-state index < -0.39 is 24.1 Å². The summed E-state index contributed by atoms with van der Waals surface area (Å²) in [4.78, 5) is 0. The molecule has 0 spiro atoms. The summed E-state index contributed by atoms with van der Waals surface area (Å²) in [6.45, 7) is 8.90. The lowest BCUT2D eigenvalue weighted by molar-refractivity contribution is -0.283. The van der Waals surface area contributed by atoms with Crippen molar-refractivity contribution in [2.45, 2.75) is 60.0 Å². The molecule has 6 heteroatoms. The van der Waals surface area contributed by atoms with E-state index in [2.05, 4.69) is 4.74 Å². The Labute approximate surface area is 111 Å². The van der Waals surface area contributed by atoms with Gasteiger partial charge >= 0.3 is 12.5 Å². The molecular formula is C13H22F4O2. The first-order chi connectivity index (χ1) is 8.74. The van der Waals surface area contributed by atoms with Gasteiger partial charge in [-0.1, -0.05) is 33.3 Å². The molecule has 0 aliphatic rings.